The molecule has 25 heavy (non-hydrogen) atoms. The van der Waals surface area contributed by atoms with Crippen LogP contribution in [0.4, 0.5) is 11.4 Å². The van der Waals surface area contributed by atoms with Gasteiger partial charge in [-0.25, -0.2) is 0 Å². The number of hydrogen-bond donors (Lipinski definition) is 2. The lowest BCUT2D eigenvalue weighted by atomic mass is 10.1. The molecule has 5 nitrogen and oxygen atoms in total. The molecular weight excluding hydrogens is 314 g/mol. The monoisotopic (exact) mass is 335 g/mol. The first-order valence-electron chi connectivity index (χ1n) is 8.09. The lowest BCUT2D eigenvalue weighted by molar-refractivity contribution is -0.118. The number of nitriles is 1. The molecule has 2 rings (SSSR count). The van der Waals surface area contributed by atoms with E-state index in [9.17, 15) is 14.9 Å². The summed E-state index contributed by atoms with van der Waals surface area (Å²) in [4.78, 5) is 23.2. The van der Waals surface area contributed by atoms with E-state index >= 15 is 0 Å². The molecule has 0 saturated carbocycles. The Morgan fingerprint density at radius 3 is 2.36 bits per heavy atom. The third-order valence-corrected chi connectivity index (χ3v) is 3.78. The Morgan fingerprint density at radius 1 is 1.12 bits per heavy atom. The van der Waals surface area contributed by atoms with Crippen molar-refractivity contribution in [3.8, 4) is 6.07 Å². The van der Waals surface area contributed by atoms with Crippen molar-refractivity contribution in [1.82, 2.24) is 0 Å². The van der Waals surface area contributed by atoms with Crippen molar-refractivity contribution in [2.75, 3.05) is 10.6 Å². The summed E-state index contributed by atoms with van der Waals surface area (Å²) in [6.07, 6.45) is 0. The lowest BCUT2D eigenvalue weighted by Gasteiger charge is -2.11. The van der Waals surface area contributed by atoms with Crippen LogP contribution in [-0.4, -0.2) is 11.7 Å². The molecule has 5 heteroatoms. The molecule has 0 radical (unpaired) electrons. The molecule has 1 amide bonds. The van der Waals surface area contributed by atoms with Crippen LogP contribution in [0.15, 0.2) is 42.5 Å². The second kappa shape index (κ2) is 8.11. The zero-order valence-electron chi connectivity index (χ0n) is 14.6. The molecule has 2 aromatic rings. The van der Waals surface area contributed by atoms with Gasteiger partial charge in [0.05, 0.1) is 11.3 Å². The summed E-state index contributed by atoms with van der Waals surface area (Å²) >= 11 is 0. The predicted molar refractivity (Wildman–Crippen MR) is 98.4 cm³/mol. The van der Waals surface area contributed by atoms with Crippen LogP contribution in [0.1, 0.15) is 42.3 Å². The average molecular weight is 335 g/mol. The molecule has 0 saturated heterocycles. The molecule has 128 valence electrons. The molecule has 0 aliphatic rings. The number of anilines is 2. The minimum Gasteiger partial charge on any atom is -0.380 e. The minimum absolute atomic E-state index is 0.0226. The Labute approximate surface area is 147 Å². The third kappa shape index (κ3) is 4.92. The van der Waals surface area contributed by atoms with Gasteiger partial charge in [0.1, 0.15) is 6.07 Å². The first kappa shape index (κ1) is 18.2. The number of rotatable bonds is 6. The van der Waals surface area contributed by atoms with Crippen molar-refractivity contribution < 1.29 is 9.59 Å². The molecule has 0 heterocycles. The zero-order valence-corrected chi connectivity index (χ0v) is 14.6. The van der Waals surface area contributed by atoms with Gasteiger partial charge in [0.25, 0.3) is 0 Å². The highest BCUT2D eigenvalue weighted by molar-refractivity contribution is 5.95. The number of nitrogens with one attached hydrogen (secondary N) is 2. The van der Waals surface area contributed by atoms with E-state index in [-0.39, 0.29) is 17.6 Å². The second-order valence-corrected chi connectivity index (χ2v) is 6.12. The van der Waals surface area contributed by atoms with E-state index in [4.69, 9.17) is 0 Å². The van der Waals surface area contributed by atoms with Crippen molar-refractivity contribution >= 4 is 23.1 Å². The smallest absolute Gasteiger partial charge is 0.226 e. The number of ketones is 1. The van der Waals surface area contributed by atoms with Crippen LogP contribution < -0.4 is 10.6 Å². The molecule has 0 aliphatic heterocycles. The van der Waals surface area contributed by atoms with E-state index in [2.05, 4.69) is 16.7 Å². The summed E-state index contributed by atoms with van der Waals surface area (Å²) in [5, 5.41) is 15.2. The van der Waals surface area contributed by atoms with Gasteiger partial charge in [-0.05, 0) is 42.8 Å². The molecule has 0 aromatic heterocycles. The Hall–Kier alpha value is -3.13. The van der Waals surface area contributed by atoms with Gasteiger partial charge in [-0.3, -0.25) is 9.59 Å². The highest BCUT2D eigenvalue weighted by atomic mass is 16.1. The van der Waals surface area contributed by atoms with Crippen LogP contribution >= 0.6 is 0 Å². The number of Topliss-reactive ketones (excluding diaryl/α,β-unsaturated/α-hetero) is 1. The Morgan fingerprint density at radius 2 is 1.80 bits per heavy atom. The molecule has 0 atom stereocenters. The molecule has 0 spiro atoms. The number of benzene rings is 2. The zero-order chi connectivity index (χ0) is 18.4. The minimum atomic E-state index is -0.0701. The van der Waals surface area contributed by atoms with Gasteiger partial charge in [0, 0.05) is 23.7 Å². The van der Waals surface area contributed by atoms with Crippen molar-refractivity contribution in [2.24, 2.45) is 5.92 Å². The molecule has 2 N–H and O–H groups in total. The van der Waals surface area contributed by atoms with E-state index in [0.29, 0.717) is 23.4 Å². The molecule has 0 aliphatic carbocycles. The Balaban J connectivity index is 2.06. The van der Waals surface area contributed by atoms with Crippen molar-refractivity contribution in [1.29, 1.82) is 5.26 Å². The van der Waals surface area contributed by atoms with Gasteiger partial charge in [0.2, 0.25) is 5.91 Å². The topological polar surface area (TPSA) is 82.0 Å². The van der Waals surface area contributed by atoms with Gasteiger partial charge in [-0.1, -0.05) is 26.0 Å². The summed E-state index contributed by atoms with van der Waals surface area (Å²) < 4.78 is 0. The lowest BCUT2D eigenvalue weighted by Crippen LogP contribution is -2.17. The first-order valence-corrected chi connectivity index (χ1v) is 8.09. The average Bonchev–Trinajstić information content (AvgIpc) is 2.60. The highest BCUT2D eigenvalue weighted by Gasteiger charge is 2.08. The van der Waals surface area contributed by atoms with Crippen molar-refractivity contribution in [2.45, 2.75) is 27.3 Å². The molecule has 2 aromatic carbocycles. The van der Waals surface area contributed by atoms with E-state index in [1.54, 1.807) is 18.2 Å². The SMILES string of the molecule is CC(=O)c1ccc(C#N)c(NCc2ccc(NC(=O)C(C)C)cc2)c1. The Kier molecular flexibility index (Phi) is 5.91. The summed E-state index contributed by atoms with van der Waals surface area (Å²) in [5.74, 6) is -0.136. The molecule has 0 fully saturated rings. The van der Waals surface area contributed by atoms with Crippen molar-refractivity contribution in [3.63, 3.8) is 0 Å². The maximum atomic E-state index is 11.7. The Bertz CT molecular complexity index is 818. The third-order valence-electron chi connectivity index (χ3n) is 3.78. The molecular formula is C20H21N3O2. The van der Waals surface area contributed by atoms with Crippen molar-refractivity contribution in [3.05, 3.63) is 59.2 Å². The summed E-state index contributed by atoms with van der Waals surface area (Å²) in [6, 6.07) is 14.6. The van der Waals surface area contributed by atoms with E-state index in [1.807, 2.05) is 38.1 Å². The fraction of sp³-hybridized carbons (Fsp3) is 0.250. The summed E-state index contributed by atoms with van der Waals surface area (Å²) in [5.41, 5.74) is 3.44. The highest BCUT2D eigenvalue weighted by Crippen LogP contribution is 2.19. The van der Waals surface area contributed by atoms with E-state index < -0.39 is 0 Å². The van der Waals surface area contributed by atoms with Crippen LogP contribution in [0, 0.1) is 17.2 Å². The van der Waals surface area contributed by atoms with Crippen LogP contribution in [-0.2, 0) is 11.3 Å². The standard InChI is InChI=1S/C20H21N3O2/c1-13(2)20(25)23-18-8-4-15(5-9-18)12-22-19-10-16(14(3)24)6-7-17(19)11-21/h4-10,13,22H,12H2,1-3H3,(H,23,25). The first-order chi connectivity index (χ1) is 11.9. The quantitative estimate of drug-likeness (QED) is 0.783. The predicted octanol–water partition coefficient (Wildman–Crippen LogP) is 3.97. The van der Waals surface area contributed by atoms with Gasteiger partial charge in [0.15, 0.2) is 5.78 Å². The normalized spacial score (nSPS) is 10.2. The van der Waals surface area contributed by atoms with Gasteiger partial charge < -0.3 is 10.6 Å². The van der Waals surface area contributed by atoms with Gasteiger partial charge >= 0.3 is 0 Å². The largest absolute Gasteiger partial charge is 0.380 e. The molecule has 0 unspecified atom stereocenters. The summed E-state index contributed by atoms with van der Waals surface area (Å²) in [7, 11) is 0. The van der Waals surface area contributed by atoms with Gasteiger partial charge in [-0.15, -0.1) is 0 Å². The number of carbonyl (C=O) groups is 2. The van der Waals surface area contributed by atoms with Crippen LogP contribution in [0.2, 0.25) is 0 Å². The van der Waals surface area contributed by atoms with Gasteiger partial charge in [-0.2, -0.15) is 5.26 Å². The van der Waals surface area contributed by atoms with Crippen LogP contribution in [0.25, 0.3) is 0 Å². The maximum absolute atomic E-state index is 11.7. The number of nitrogens with zero attached hydrogens (tertiary/aromatic N) is 1. The van der Waals surface area contributed by atoms with E-state index in [1.165, 1.54) is 6.92 Å². The second-order valence-electron chi connectivity index (χ2n) is 6.12. The van der Waals surface area contributed by atoms with Crippen LogP contribution in [0.5, 0.6) is 0 Å². The fourth-order valence-electron chi connectivity index (χ4n) is 2.20. The van der Waals surface area contributed by atoms with E-state index in [0.717, 1.165) is 11.3 Å². The fourth-order valence-corrected chi connectivity index (χ4v) is 2.20. The summed E-state index contributed by atoms with van der Waals surface area (Å²) in [6.45, 7) is 5.69. The molecule has 0 bridgehead atoms. The number of carbonyl (C=O) groups excluding carboxylic acids is 2. The van der Waals surface area contributed by atoms with Crippen LogP contribution in [0.3, 0.4) is 0 Å². The maximum Gasteiger partial charge on any atom is 0.226 e. The number of hydrogen-bond acceptors (Lipinski definition) is 4. The number of amides is 1.